The number of aliphatic carboxylic acids is 1. The molecule has 0 unspecified atom stereocenters. The first kappa shape index (κ1) is 12.0. The van der Waals surface area contributed by atoms with Gasteiger partial charge in [0.25, 0.3) is 0 Å². The van der Waals surface area contributed by atoms with E-state index in [1.807, 2.05) is 19.6 Å². The zero-order valence-electron chi connectivity index (χ0n) is 7.43. The van der Waals surface area contributed by atoms with Crippen LogP contribution in [0.25, 0.3) is 0 Å². The summed E-state index contributed by atoms with van der Waals surface area (Å²) in [5.74, 6) is -0.387. The van der Waals surface area contributed by atoms with Gasteiger partial charge in [0.1, 0.15) is 0 Å². The van der Waals surface area contributed by atoms with Gasteiger partial charge in [-0.2, -0.15) is 0 Å². The molecule has 0 heterocycles. The number of hydrogen-bond donors (Lipinski definition) is 1. The second-order valence-electron chi connectivity index (χ2n) is 3.30. The minimum absolute atomic E-state index is 0.558. The van der Waals surface area contributed by atoms with E-state index in [4.69, 9.17) is 9.53 Å². The average molecular weight is 300 g/mol. The molecule has 0 amide bonds. The molecule has 12 heavy (non-hydrogen) atoms. The van der Waals surface area contributed by atoms with E-state index < -0.39 is 14.3 Å². The lowest BCUT2D eigenvalue weighted by molar-refractivity contribution is -0.131. The van der Waals surface area contributed by atoms with Crippen LogP contribution in [-0.2, 0) is 9.22 Å². The van der Waals surface area contributed by atoms with Crippen molar-refractivity contribution < 1.29 is 14.3 Å². The number of rotatable bonds is 4. The van der Waals surface area contributed by atoms with Crippen molar-refractivity contribution in [2.24, 2.45) is 0 Å². The summed E-state index contributed by atoms with van der Waals surface area (Å²) in [4.78, 5) is 10.3. The third-order valence-electron chi connectivity index (χ3n) is 0.853. The summed E-state index contributed by atoms with van der Waals surface area (Å²) >= 11 is 2.09. The number of hydrogen-bond acceptors (Lipinski definition) is 2. The number of alkyl halides is 1. The number of allylic oxidation sites excluding steroid dienone is 1. The Kier molecular flexibility index (Phi) is 4.84. The summed E-state index contributed by atoms with van der Waals surface area (Å²) in [6.45, 7) is 6.07. The van der Waals surface area contributed by atoms with Crippen LogP contribution in [0.3, 0.4) is 0 Å². The van der Waals surface area contributed by atoms with Gasteiger partial charge in [0.15, 0.2) is 0 Å². The van der Waals surface area contributed by atoms with Crippen molar-refractivity contribution in [3.05, 3.63) is 11.8 Å². The molecule has 0 saturated carbocycles. The third kappa shape index (κ3) is 6.65. The van der Waals surface area contributed by atoms with E-state index in [0.29, 0.717) is 10.2 Å². The van der Waals surface area contributed by atoms with Crippen molar-refractivity contribution in [1.82, 2.24) is 0 Å². The Morgan fingerprint density at radius 2 is 2.08 bits per heavy atom. The third-order valence-corrected chi connectivity index (χ3v) is 2.48. The van der Waals surface area contributed by atoms with Crippen LogP contribution < -0.4 is 0 Å². The number of halogens is 1. The Bertz CT molecular complexity index is 195. The number of carboxylic acid groups (broad SMARTS) is 1. The fourth-order valence-corrected chi connectivity index (χ4v) is 2.21. The number of carboxylic acids is 1. The Hall–Kier alpha value is -0.0431. The molecular formula is C7H13IO3Si. The number of carbonyl (C=O) groups is 1. The van der Waals surface area contributed by atoms with E-state index in [1.165, 1.54) is 0 Å². The maximum atomic E-state index is 10.3. The van der Waals surface area contributed by atoms with Crippen LogP contribution in [0.4, 0.5) is 0 Å². The molecule has 0 fully saturated rings. The minimum atomic E-state index is -1.64. The molecule has 0 rings (SSSR count). The van der Waals surface area contributed by atoms with E-state index in [-0.39, 0.29) is 0 Å². The summed E-state index contributed by atoms with van der Waals surface area (Å²) in [6.07, 6.45) is 1.13. The van der Waals surface area contributed by atoms with E-state index in [2.05, 4.69) is 22.6 Å². The largest absolute Gasteiger partial charge is 0.546 e. The molecule has 0 aliphatic heterocycles. The SMILES string of the molecule is C[Si](C)(C)OC(=CC(=O)O)CI. The Morgan fingerprint density at radius 3 is 2.33 bits per heavy atom. The van der Waals surface area contributed by atoms with Crippen molar-refractivity contribution in [1.29, 1.82) is 0 Å². The van der Waals surface area contributed by atoms with Gasteiger partial charge in [0, 0.05) is 0 Å². The highest BCUT2D eigenvalue weighted by molar-refractivity contribution is 14.1. The molecule has 0 aromatic rings. The summed E-state index contributed by atoms with van der Waals surface area (Å²) in [7, 11) is -1.64. The van der Waals surface area contributed by atoms with Crippen molar-refractivity contribution in [3.8, 4) is 0 Å². The van der Waals surface area contributed by atoms with Crippen LogP contribution >= 0.6 is 22.6 Å². The quantitative estimate of drug-likeness (QED) is 0.285. The van der Waals surface area contributed by atoms with Gasteiger partial charge in [-0.3, -0.25) is 0 Å². The van der Waals surface area contributed by atoms with Crippen LogP contribution in [0.15, 0.2) is 11.8 Å². The molecule has 5 heteroatoms. The standard InChI is InChI=1S/C7H13IO3Si/c1-12(2,3)11-6(5-8)4-7(9)10/h4H,5H2,1-3H3,(H,9,10). The smallest absolute Gasteiger partial charge is 0.331 e. The summed E-state index contributed by atoms with van der Waals surface area (Å²) < 4.78 is 6.11. The second kappa shape index (κ2) is 4.86. The minimum Gasteiger partial charge on any atom is -0.546 e. The summed E-state index contributed by atoms with van der Waals surface area (Å²) in [5, 5.41) is 8.47. The maximum absolute atomic E-state index is 10.3. The molecule has 3 nitrogen and oxygen atoms in total. The molecule has 70 valence electrons. The lowest BCUT2D eigenvalue weighted by Gasteiger charge is -2.20. The maximum Gasteiger partial charge on any atom is 0.331 e. The van der Waals surface area contributed by atoms with Crippen molar-refractivity contribution >= 4 is 36.9 Å². The van der Waals surface area contributed by atoms with Crippen LogP contribution in [0.1, 0.15) is 0 Å². The highest BCUT2D eigenvalue weighted by Crippen LogP contribution is 2.12. The molecule has 0 aromatic heterocycles. The fraction of sp³-hybridized carbons (Fsp3) is 0.571. The van der Waals surface area contributed by atoms with Gasteiger partial charge < -0.3 is 9.53 Å². The molecule has 0 bridgehead atoms. The van der Waals surface area contributed by atoms with Gasteiger partial charge in [0.2, 0.25) is 8.32 Å². The van der Waals surface area contributed by atoms with Crippen molar-refractivity contribution in [2.45, 2.75) is 19.6 Å². The average Bonchev–Trinajstić information content (AvgIpc) is 1.82. The van der Waals surface area contributed by atoms with Crippen LogP contribution in [0.5, 0.6) is 0 Å². The monoisotopic (exact) mass is 300 g/mol. The topological polar surface area (TPSA) is 46.5 Å². The first-order valence-electron chi connectivity index (χ1n) is 3.53. The molecule has 1 N–H and O–H groups in total. The van der Waals surface area contributed by atoms with Crippen molar-refractivity contribution in [3.63, 3.8) is 0 Å². The van der Waals surface area contributed by atoms with Crippen LogP contribution in [0, 0.1) is 0 Å². The molecule has 0 atom stereocenters. The lowest BCUT2D eigenvalue weighted by Crippen LogP contribution is -2.25. The molecule has 0 saturated heterocycles. The van der Waals surface area contributed by atoms with Crippen LogP contribution in [0.2, 0.25) is 19.6 Å². The molecule has 0 aliphatic rings. The van der Waals surface area contributed by atoms with Gasteiger partial charge in [-0.05, 0) is 19.6 Å². The van der Waals surface area contributed by atoms with E-state index in [1.54, 1.807) is 0 Å². The summed E-state index contributed by atoms with van der Waals surface area (Å²) in [5.41, 5.74) is 0. The summed E-state index contributed by atoms with van der Waals surface area (Å²) in [6, 6.07) is 0. The zero-order chi connectivity index (χ0) is 9.78. The fourth-order valence-electron chi connectivity index (χ4n) is 0.626. The van der Waals surface area contributed by atoms with Crippen molar-refractivity contribution in [2.75, 3.05) is 4.43 Å². The Morgan fingerprint density at radius 1 is 1.58 bits per heavy atom. The van der Waals surface area contributed by atoms with Gasteiger partial charge in [0.05, 0.1) is 16.3 Å². The zero-order valence-corrected chi connectivity index (χ0v) is 10.6. The first-order chi connectivity index (χ1) is 5.35. The van der Waals surface area contributed by atoms with E-state index in [0.717, 1.165) is 6.08 Å². The molecule has 0 spiro atoms. The van der Waals surface area contributed by atoms with Gasteiger partial charge in [-0.15, -0.1) is 0 Å². The first-order valence-corrected chi connectivity index (χ1v) is 8.47. The van der Waals surface area contributed by atoms with Gasteiger partial charge in [-0.25, -0.2) is 4.79 Å². The predicted octanol–water partition coefficient (Wildman–Crippen LogP) is 2.24. The Labute approximate surface area is 87.1 Å². The lowest BCUT2D eigenvalue weighted by atomic mass is 10.5. The second-order valence-corrected chi connectivity index (χ2v) is 8.49. The van der Waals surface area contributed by atoms with Crippen LogP contribution in [-0.4, -0.2) is 23.8 Å². The Balaban J connectivity index is 4.28. The van der Waals surface area contributed by atoms with E-state index >= 15 is 0 Å². The molecule has 0 aliphatic carbocycles. The van der Waals surface area contributed by atoms with E-state index in [9.17, 15) is 4.79 Å². The normalized spacial score (nSPS) is 12.8. The molecule has 0 radical (unpaired) electrons. The van der Waals surface area contributed by atoms with Gasteiger partial charge in [-0.1, -0.05) is 22.6 Å². The van der Waals surface area contributed by atoms with Gasteiger partial charge >= 0.3 is 5.97 Å². The molecule has 0 aromatic carbocycles. The molecular weight excluding hydrogens is 287 g/mol. The highest BCUT2D eigenvalue weighted by atomic mass is 127. The highest BCUT2D eigenvalue weighted by Gasteiger charge is 2.17. The predicted molar refractivity (Wildman–Crippen MR) is 59.0 cm³/mol.